The van der Waals surface area contributed by atoms with Gasteiger partial charge in [0, 0.05) is 24.1 Å². The van der Waals surface area contributed by atoms with Gasteiger partial charge < -0.3 is 0 Å². The fraction of sp³-hybridized carbons (Fsp3) is 0.0769. The van der Waals surface area contributed by atoms with Crippen LogP contribution in [0.3, 0.4) is 0 Å². The second kappa shape index (κ2) is 5.66. The minimum Gasteiger partial charge on any atom is -0.258 e. The van der Waals surface area contributed by atoms with Crippen LogP contribution in [0.4, 0.5) is 11.4 Å². The Bertz CT molecular complexity index is 688. The average molecular weight is 292 g/mol. The minimum atomic E-state index is -0.667. The summed E-state index contributed by atoms with van der Waals surface area (Å²) in [5.41, 5.74) is 0.429. The molecular formula is C13H8ClN2O4. The van der Waals surface area contributed by atoms with Crippen LogP contribution in [0.2, 0.25) is 5.02 Å². The molecule has 0 unspecified atom stereocenters. The molecular weight excluding hydrogens is 284 g/mol. The summed E-state index contributed by atoms with van der Waals surface area (Å²) in [7, 11) is 0. The number of benzene rings is 2. The standard InChI is InChI=1S/C13H8ClN2O4/c14-12-4-2-1-3-9(12)7-10-5-6-11(15(17)18)8-13(10)16(19)20/h1-3,5-6,8H,7H2. The van der Waals surface area contributed by atoms with E-state index in [0.29, 0.717) is 16.1 Å². The maximum Gasteiger partial charge on any atom is 0.279 e. The Hall–Kier alpha value is -2.47. The highest BCUT2D eigenvalue weighted by Gasteiger charge is 2.19. The zero-order valence-electron chi connectivity index (χ0n) is 10.1. The number of non-ortho nitro benzene ring substituents is 1. The molecule has 20 heavy (non-hydrogen) atoms. The summed E-state index contributed by atoms with van der Waals surface area (Å²) in [6, 6.07) is 11.4. The molecule has 0 fully saturated rings. The van der Waals surface area contributed by atoms with Crippen LogP contribution in [0.15, 0.2) is 36.4 Å². The molecule has 0 atom stereocenters. The molecule has 0 spiro atoms. The van der Waals surface area contributed by atoms with Crippen molar-refractivity contribution in [3.05, 3.63) is 78.8 Å². The van der Waals surface area contributed by atoms with Gasteiger partial charge in [0.1, 0.15) is 0 Å². The lowest BCUT2D eigenvalue weighted by atomic mass is 10.0. The van der Waals surface area contributed by atoms with Crippen molar-refractivity contribution in [2.75, 3.05) is 0 Å². The smallest absolute Gasteiger partial charge is 0.258 e. The van der Waals surface area contributed by atoms with Gasteiger partial charge in [0.25, 0.3) is 11.4 Å². The molecule has 1 radical (unpaired) electrons. The number of nitrogens with zero attached hydrogens (tertiary/aromatic N) is 2. The highest BCUT2D eigenvalue weighted by Crippen LogP contribution is 2.28. The Kier molecular flexibility index (Phi) is 3.95. The summed E-state index contributed by atoms with van der Waals surface area (Å²) in [5, 5.41) is 22.0. The van der Waals surface area contributed by atoms with Gasteiger partial charge in [-0.2, -0.15) is 0 Å². The molecule has 0 heterocycles. The van der Waals surface area contributed by atoms with Crippen LogP contribution in [0.1, 0.15) is 11.1 Å². The third kappa shape index (κ3) is 2.92. The topological polar surface area (TPSA) is 86.3 Å². The van der Waals surface area contributed by atoms with Crippen molar-refractivity contribution in [2.45, 2.75) is 6.42 Å². The van der Waals surface area contributed by atoms with E-state index in [2.05, 4.69) is 6.07 Å². The first kappa shape index (κ1) is 14.0. The number of hydrogen-bond donors (Lipinski definition) is 0. The van der Waals surface area contributed by atoms with Crippen molar-refractivity contribution < 1.29 is 9.85 Å². The first-order chi connectivity index (χ1) is 9.49. The predicted octanol–water partition coefficient (Wildman–Crippen LogP) is 3.55. The van der Waals surface area contributed by atoms with Crippen LogP contribution in [0.25, 0.3) is 0 Å². The van der Waals surface area contributed by atoms with Gasteiger partial charge in [-0.15, -0.1) is 0 Å². The Balaban J connectivity index is 2.44. The number of halogens is 1. The zero-order chi connectivity index (χ0) is 14.7. The molecule has 0 aliphatic rings. The van der Waals surface area contributed by atoms with Crippen LogP contribution in [0, 0.1) is 26.3 Å². The predicted molar refractivity (Wildman–Crippen MR) is 72.8 cm³/mol. The van der Waals surface area contributed by atoms with Crippen molar-refractivity contribution in [2.24, 2.45) is 0 Å². The Labute approximate surface area is 118 Å². The summed E-state index contributed by atoms with van der Waals surface area (Å²) < 4.78 is 0. The van der Waals surface area contributed by atoms with Crippen molar-refractivity contribution in [1.29, 1.82) is 0 Å². The van der Waals surface area contributed by atoms with Gasteiger partial charge in [0.05, 0.1) is 20.9 Å². The Morgan fingerprint density at radius 1 is 1.10 bits per heavy atom. The molecule has 2 rings (SSSR count). The first-order valence-corrected chi connectivity index (χ1v) is 5.93. The van der Waals surface area contributed by atoms with Crippen molar-refractivity contribution in [3.8, 4) is 0 Å². The number of rotatable bonds is 4. The molecule has 0 N–H and O–H groups in total. The maximum atomic E-state index is 11.0. The average Bonchev–Trinajstić information content (AvgIpc) is 2.41. The van der Waals surface area contributed by atoms with E-state index in [-0.39, 0.29) is 17.8 Å². The Morgan fingerprint density at radius 2 is 1.85 bits per heavy atom. The molecule has 101 valence electrons. The lowest BCUT2D eigenvalue weighted by Crippen LogP contribution is -1.99. The molecule has 2 aromatic rings. The van der Waals surface area contributed by atoms with E-state index in [1.807, 2.05) is 0 Å². The maximum absolute atomic E-state index is 11.0. The third-order valence-electron chi connectivity index (χ3n) is 2.74. The van der Waals surface area contributed by atoms with Crippen LogP contribution in [-0.2, 0) is 6.42 Å². The van der Waals surface area contributed by atoms with E-state index < -0.39 is 9.85 Å². The van der Waals surface area contributed by atoms with E-state index in [1.54, 1.807) is 18.2 Å². The molecule has 7 heteroatoms. The van der Waals surface area contributed by atoms with Crippen molar-refractivity contribution >= 4 is 23.0 Å². The molecule has 0 saturated heterocycles. The summed E-state index contributed by atoms with van der Waals surface area (Å²) in [6.45, 7) is 0. The molecule has 0 saturated carbocycles. The largest absolute Gasteiger partial charge is 0.279 e. The fourth-order valence-corrected chi connectivity index (χ4v) is 1.97. The van der Waals surface area contributed by atoms with Gasteiger partial charge in [0.2, 0.25) is 0 Å². The van der Waals surface area contributed by atoms with Gasteiger partial charge in [-0.05, 0) is 11.6 Å². The van der Waals surface area contributed by atoms with Gasteiger partial charge >= 0.3 is 0 Å². The first-order valence-electron chi connectivity index (χ1n) is 5.56. The molecule has 0 bridgehead atoms. The summed E-state index contributed by atoms with van der Waals surface area (Å²) >= 11 is 5.95. The highest BCUT2D eigenvalue weighted by molar-refractivity contribution is 6.31. The minimum absolute atomic E-state index is 0.213. The number of hydrogen-bond acceptors (Lipinski definition) is 4. The molecule has 0 aliphatic carbocycles. The fourth-order valence-electron chi connectivity index (χ4n) is 1.78. The molecule has 0 aromatic heterocycles. The van der Waals surface area contributed by atoms with E-state index in [1.165, 1.54) is 12.1 Å². The van der Waals surface area contributed by atoms with Gasteiger partial charge in [-0.25, -0.2) is 0 Å². The summed E-state index contributed by atoms with van der Waals surface area (Å²) in [6.07, 6.45) is 0.213. The Morgan fingerprint density at radius 3 is 2.45 bits per heavy atom. The van der Waals surface area contributed by atoms with E-state index >= 15 is 0 Å². The normalized spacial score (nSPS) is 10.2. The molecule has 2 aromatic carbocycles. The molecule has 0 amide bonds. The van der Waals surface area contributed by atoms with Gasteiger partial charge in [0.15, 0.2) is 0 Å². The van der Waals surface area contributed by atoms with Gasteiger partial charge in [-0.3, -0.25) is 20.2 Å². The van der Waals surface area contributed by atoms with E-state index in [9.17, 15) is 20.2 Å². The van der Waals surface area contributed by atoms with Crippen molar-refractivity contribution in [3.63, 3.8) is 0 Å². The van der Waals surface area contributed by atoms with Crippen molar-refractivity contribution in [1.82, 2.24) is 0 Å². The molecule has 6 nitrogen and oxygen atoms in total. The lowest BCUT2D eigenvalue weighted by molar-refractivity contribution is -0.394. The van der Waals surface area contributed by atoms with Crippen LogP contribution < -0.4 is 0 Å². The molecule has 0 aliphatic heterocycles. The highest BCUT2D eigenvalue weighted by atomic mass is 35.5. The second-order valence-electron chi connectivity index (χ2n) is 4.01. The van der Waals surface area contributed by atoms with E-state index in [4.69, 9.17) is 11.6 Å². The van der Waals surface area contributed by atoms with Crippen LogP contribution in [-0.4, -0.2) is 9.85 Å². The quantitative estimate of drug-likeness (QED) is 0.636. The second-order valence-corrected chi connectivity index (χ2v) is 4.39. The van der Waals surface area contributed by atoms with Crippen LogP contribution in [0.5, 0.6) is 0 Å². The number of nitro benzene ring substituents is 2. The van der Waals surface area contributed by atoms with Crippen LogP contribution >= 0.6 is 11.6 Å². The summed E-state index contributed by atoms with van der Waals surface area (Å²) in [5.74, 6) is 0. The number of nitro groups is 2. The van der Waals surface area contributed by atoms with Gasteiger partial charge in [-0.1, -0.05) is 29.8 Å². The lowest BCUT2D eigenvalue weighted by Gasteiger charge is -2.05. The summed E-state index contributed by atoms with van der Waals surface area (Å²) in [4.78, 5) is 20.4. The monoisotopic (exact) mass is 291 g/mol. The van der Waals surface area contributed by atoms with E-state index in [0.717, 1.165) is 6.07 Å². The SMILES string of the molecule is O=[N+]([O-])c1ccc(Cc2ccc[c]c2Cl)c([N+](=O)[O-])c1. The third-order valence-corrected chi connectivity index (χ3v) is 3.09. The zero-order valence-corrected chi connectivity index (χ0v) is 10.8.